The van der Waals surface area contributed by atoms with Crippen LogP contribution in [-0.2, 0) is 0 Å². The second kappa shape index (κ2) is 4.64. The summed E-state index contributed by atoms with van der Waals surface area (Å²) in [6.45, 7) is 2.29. The number of hydrogen-bond donors (Lipinski definition) is 2. The molecule has 0 radical (unpaired) electrons. The summed E-state index contributed by atoms with van der Waals surface area (Å²) >= 11 is 0. The molecule has 1 aliphatic carbocycles. The highest BCUT2D eigenvalue weighted by Gasteiger charge is 2.23. The second-order valence-corrected chi connectivity index (χ2v) is 4.61. The Morgan fingerprint density at radius 2 is 2.19 bits per heavy atom. The fourth-order valence-corrected chi connectivity index (χ4v) is 2.35. The Labute approximate surface area is 97.0 Å². The van der Waals surface area contributed by atoms with Gasteiger partial charge in [-0.1, -0.05) is 13.3 Å². The standard InChI is InChI=1S/C13H20N2O/c1-9-4-3-5-12(9)15-13-8-10(16-2)6-7-11(13)14/h6-9,12,15H,3-5,14H2,1-2H3. The molecule has 1 aliphatic rings. The van der Waals surface area contributed by atoms with Crippen molar-refractivity contribution in [3.63, 3.8) is 0 Å². The molecule has 0 amide bonds. The molecule has 3 nitrogen and oxygen atoms in total. The van der Waals surface area contributed by atoms with Crippen LogP contribution >= 0.6 is 0 Å². The van der Waals surface area contributed by atoms with Crippen LogP contribution in [0.3, 0.4) is 0 Å². The molecule has 0 aromatic heterocycles. The van der Waals surface area contributed by atoms with Crippen LogP contribution in [0.25, 0.3) is 0 Å². The summed E-state index contributed by atoms with van der Waals surface area (Å²) in [5, 5.41) is 3.53. The normalized spacial score (nSPS) is 24.4. The van der Waals surface area contributed by atoms with Crippen molar-refractivity contribution >= 4 is 11.4 Å². The molecule has 1 aromatic carbocycles. The number of ether oxygens (including phenoxy) is 1. The largest absolute Gasteiger partial charge is 0.497 e. The molecule has 2 atom stereocenters. The zero-order valence-corrected chi connectivity index (χ0v) is 9.99. The summed E-state index contributed by atoms with van der Waals surface area (Å²) in [6.07, 6.45) is 3.85. The van der Waals surface area contributed by atoms with Gasteiger partial charge in [-0.2, -0.15) is 0 Å². The molecule has 1 saturated carbocycles. The first-order valence-corrected chi connectivity index (χ1v) is 5.90. The maximum absolute atomic E-state index is 5.95. The number of methoxy groups -OCH3 is 1. The van der Waals surface area contributed by atoms with Crippen LogP contribution in [0.2, 0.25) is 0 Å². The SMILES string of the molecule is COc1ccc(N)c(NC2CCCC2C)c1. The van der Waals surface area contributed by atoms with Crippen molar-refractivity contribution in [1.29, 1.82) is 0 Å². The second-order valence-electron chi connectivity index (χ2n) is 4.61. The average molecular weight is 220 g/mol. The highest BCUT2D eigenvalue weighted by molar-refractivity contribution is 5.68. The lowest BCUT2D eigenvalue weighted by molar-refractivity contribution is 0.415. The molecule has 0 heterocycles. The van der Waals surface area contributed by atoms with Crippen molar-refractivity contribution in [3.05, 3.63) is 18.2 Å². The van der Waals surface area contributed by atoms with E-state index in [4.69, 9.17) is 10.5 Å². The molecular formula is C13H20N2O. The fraction of sp³-hybridized carbons (Fsp3) is 0.538. The van der Waals surface area contributed by atoms with E-state index in [9.17, 15) is 0 Å². The van der Waals surface area contributed by atoms with Crippen LogP contribution in [-0.4, -0.2) is 13.2 Å². The molecule has 3 N–H and O–H groups in total. The Morgan fingerprint density at radius 1 is 1.38 bits per heavy atom. The van der Waals surface area contributed by atoms with Crippen LogP contribution in [0.15, 0.2) is 18.2 Å². The minimum atomic E-state index is 0.550. The Balaban J connectivity index is 2.13. The van der Waals surface area contributed by atoms with Crippen molar-refractivity contribution in [2.24, 2.45) is 5.92 Å². The maximum atomic E-state index is 5.95. The highest BCUT2D eigenvalue weighted by atomic mass is 16.5. The topological polar surface area (TPSA) is 47.3 Å². The molecule has 3 heteroatoms. The van der Waals surface area contributed by atoms with E-state index in [-0.39, 0.29) is 0 Å². The van der Waals surface area contributed by atoms with Gasteiger partial charge in [0, 0.05) is 12.1 Å². The van der Waals surface area contributed by atoms with Crippen molar-refractivity contribution in [2.75, 3.05) is 18.2 Å². The number of anilines is 2. The average Bonchev–Trinajstić information content (AvgIpc) is 2.68. The first-order valence-electron chi connectivity index (χ1n) is 5.90. The fourth-order valence-electron chi connectivity index (χ4n) is 2.35. The lowest BCUT2D eigenvalue weighted by Crippen LogP contribution is -2.22. The third kappa shape index (κ3) is 2.23. The van der Waals surface area contributed by atoms with E-state index in [1.54, 1.807) is 7.11 Å². The third-order valence-electron chi connectivity index (χ3n) is 3.46. The van der Waals surface area contributed by atoms with E-state index in [1.807, 2.05) is 18.2 Å². The van der Waals surface area contributed by atoms with Crippen LogP contribution in [0, 0.1) is 5.92 Å². The molecule has 0 aliphatic heterocycles. The Kier molecular flexibility index (Phi) is 3.22. The minimum Gasteiger partial charge on any atom is -0.497 e. The van der Waals surface area contributed by atoms with Crippen molar-refractivity contribution in [2.45, 2.75) is 32.2 Å². The highest BCUT2D eigenvalue weighted by Crippen LogP contribution is 2.31. The first-order chi connectivity index (χ1) is 7.70. The van der Waals surface area contributed by atoms with Crippen molar-refractivity contribution in [3.8, 4) is 5.75 Å². The smallest absolute Gasteiger partial charge is 0.121 e. The molecule has 2 rings (SSSR count). The van der Waals surface area contributed by atoms with Gasteiger partial charge in [-0.25, -0.2) is 0 Å². The molecule has 2 unspecified atom stereocenters. The summed E-state index contributed by atoms with van der Waals surface area (Å²) in [5.41, 5.74) is 7.74. The summed E-state index contributed by atoms with van der Waals surface area (Å²) < 4.78 is 5.21. The van der Waals surface area contributed by atoms with Crippen molar-refractivity contribution in [1.82, 2.24) is 0 Å². The zero-order chi connectivity index (χ0) is 11.5. The molecule has 88 valence electrons. The minimum absolute atomic E-state index is 0.550. The molecule has 0 saturated heterocycles. The van der Waals surface area contributed by atoms with E-state index in [0.29, 0.717) is 6.04 Å². The quantitative estimate of drug-likeness (QED) is 0.770. The lowest BCUT2D eigenvalue weighted by Gasteiger charge is -2.20. The number of rotatable bonds is 3. The van der Waals surface area contributed by atoms with Crippen LogP contribution in [0.4, 0.5) is 11.4 Å². The summed E-state index contributed by atoms with van der Waals surface area (Å²) in [5.74, 6) is 1.58. The van der Waals surface area contributed by atoms with E-state index < -0.39 is 0 Å². The van der Waals surface area contributed by atoms with Gasteiger partial charge in [-0.15, -0.1) is 0 Å². The maximum Gasteiger partial charge on any atom is 0.121 e. The van der Waals surface area contributed by atoms with Gasteiger partial charge >= 0.3 is 0 Å². The molecular weight excluding hydrogens is 200 g/mol. The van der Waals surface area contributed by atoms with E-state index in [1.165, 1.54) is 19.3 Å². The first kappa shape index (κ1) is 11.1. The van der Waals surface area contributed by atoms with Gasteiger partial charge in [0.25, 0.3) is 0 Å². The van der Waals surface area contributed by atoms with Gasteiger partial charge < -0.3 is 15.8 Å². The van der Waals surface area contributed by atoms with Gasteiger partial charge in [0.1, 0.15) is 5.75 Å². The Hall–Kier alpha value is -1.38. The zero-order valence-electron chi connectivity index (χ0n) is 9.99. The number of hydrogen-bond acceptors (Lipinski definition) is 3. The Morgan fingerprint density at radius 3 is 2.81 bits per heavy atom. The van der Waals surface area contributed by atoms with Gasteiger partial charge in [0.2, 0.25) is 0 Å². The molecule has 16 heavy (non-hydrogen) atoms. The summed E-state index contributed by atoms with van der Waals surface area (Å²) in [4.78, 5) is 0. The van der Waals surface area contributed by atoms with Crippen LogP contribution in [0.5, 0.6) is 5.75 Å². The predicted molar refractivity (Wildman–Crippen MR) is 67.8 cm³/mol. The summed E-state index contributed by atoms with van der Waals surface area (Å²) in [7, 11) is 1.67. The molecule has 1 fully saturated rings. The number of nitrogen functional groups attached to an aromatic ring is 1. The monoisotopic (exact) mass is 220 g/mol. The van der Waals surface area contributed by atoms with E-state index >= 15 is 0 Å². The van der Waals surface area contributed by atoms with Crippen molar-refractivity contribution < 1.29 is 4.74 Å². The molecule has 0 bridgehead atoms. The molecule has 0 spiro atoms. The van der Waals surface area contributed by atoms with Gasteiger partial charge in [-0.05, 0) is 30.9 Å². The summed E-state index contributed by atoms with van der Waals surface area (Å²) in [6, 6.07) is 6.30. The number of nitrogens with two attached hydrogens (primary N) is 1. The lowest BCUT2D eigenvalue weighted by atomic mass is 10.1. The van der Waals surface area contributed by atoms with Gasteiger partial charge in [-0.3, -0.25) is 0 Å². The van der Waals surface area contributed by atoms with E-state index in [0.717, 1.165) is 23.0 Å². The van der Waals surface area contributed by atoms with E-state index in [2.05, 4.69) is 12.2 Å². The van der Waals surface area contributed by atoms with Crippen LogP contribution < -0.4 is 15.8 Å². The van der Waals surface area contributed by atoms with Crippen LogP contribution in [0.1, 0.15) is 26.2 Å². The van der Waals surface area contributed by atoms with Gasteiger partial charge in [0.05, 0.1) is 18.5 Å². The third-order valence-corrected chi connectivity index (χ3v) is 3.46. The molecule has 1 aromatic rings. The number of benzene rings is 1. The Bertz CT molecular complexity index is 365. The van der Waals surface area contributed by atoms with Gasteiger partial charge in [0.15, 0.2) is 0 Å². The predicted octanol–water partition coefficient (Wildman–Crippen LogP) is 2.88. The number of nitrogens with one attached hydrogen (secondary N) is 1.